The lowest BCUT2D eigenvalue weighted by atomic mass is 10.1. The zero-order valence-electron chi connectivity index (χ0n) is 20.3. The van der Waals surface area contributed by atoms with Gasteiger partial charge in [0.2, 0.25) is 5.91 Å². The van der Waals surface area contributed by atoms with Gasteiger partial charge >= 0.3 is 0 Å². The van der Waals surface area contributed by atoms with Gasteiger partial charge in [-0.1, -0.05) is 40.5 Å². The summed E-state index contributed by atoms with van der Waals surface area (Å²) < 4.78 is 15.1. The van der Waals surface area contributed by atoms with Gasteiger partial charge in [0, 0.05) is 29.6 Å². The van der Waals surface area contributed by atoms with E-state index in [1.807, 2.05) is 45.9 Å². The predicted octanol–water partition coefficient (Wildman–Crippen LogP) is 5.91. The molecule has 0 spiro atoms. The minimum Gasteiger partial charge on any atom is -0.359 e. The minimum atomic E-state index is -0.331. The molecule has 2 aromatic heterocycles. The Labute approximate surface area is 191 Å². The van der Waals surface area contributed by atoms with Gasteiger partial charge in [0.1, 0.15) is 5.82 Å². The number of hydrogen-bond donors (Lipinski definition) is 1. The third-order valence-corrected chi connectivity index (χ3v) is 5.15. The number of benzene rings is 1. The number of carbonyl (C=O) groups excluding carboxylic acids is 1. The van der Waals surface area contributed by atoms with E-state index in [1.54, 1.807) is 13.1 Å². The molecule has 0 bridgehead atoms. The molecule has 5 nitrogen and oxygen atoms in total. The van der Waals surface area contributed by atoms with Crippen LogP contribution in [0.5, 0.6) is 0 Å². The molecule has 0 fully saturated rings. The summed E-state index contributed by atoms with van der Waals surface area (Å²) in [5.41, 5.74) is 4.81. The SMILES string of the molecule is CCCC.CNC(=O)C(C)C.Cc1c(C)n(Cc2ccc(F)cn2)c2ccc(C#N)cc12. The molecule has 0 aliphatic rings. The van der Waals surface area contributed by atoms with Gasteiger partial charge in [-0.2, -0.15) is 5.26 Å². The molecule has 3 aromatic rings. The van der Waals surface area contributed by atoms with Crippen LogP contribution in [0.15, 0.2) is 36.5 Å². The Morgan fingerprint density at radius 2 is 1.84 bits per heavy atom. The molecule has 0 aliphatic carbocycles. The van der Waals surface area contributed by atoms with Crippen molar-refractivity contribution in [3.63, 3.8) is 0 Å². The number of hydrogen-bond acceptors (Lipinski definition) is 3. The van der Waals surface area contributed by atoms with Gasteiger partial charge in [-0.05, 0) is 49.7 Å². The first-order valence-corrected chi connectivity index (χ1v) is 11.0. The summed E-state index contributed by atoms with van der Waals surface area (Å²) in [6.45, 7) is 12.8. The van der Waals surface area contributed by atoms with E-state index < -0.39 is 0 Å². The Morgan fingerprint density at radius 1 is 1.19 bits per heavy atom. The van der Waals surface area contributed by atoms with Crippen molar-refractivity contribution in [1.29, 1.82) is 5.26 Å². The number of fused-ring (bicyclic) bond motifs is 1. The largest absolute Gasteiger partial charge is 0.359 e. The number of amides is 1. The predicted molar refractivity (Wildman–Crippen MR) is 129 cm³/mol. The maximum Gasteiger partial charge on any atom is 0.222 e. The summed E-state index contributed by atoms with van der Waals surface area (Å²) in [5, 5.41) is 12.6. The summed E-state index contributed by atoms with van der Waals surface area (Å²) >= 11 is 0. The van der Waals surface area contributed by atoms with Crippen molar-refractivity contribution >= 4 is 16.8 Å². The average Bonchev–Trinajstić information content (AvgIpc) is 3.04. The third kappa shape index (κ3) is 7.49. The van der Waals surface area contributed by atoms with Crippen LogP contribution in [-0.2, 0) is 11.3 Å². The summed E-state index contributed by atoms with van der Waals surface area (Å²) in [7, 11) is 1.64. The van der Waals surface area contributed by atoms with E-state index in [9.17, 15) is 9.18 Å². The number of aryl methyl sites for hydroxylation is 1. The zero-order valence-corrected chi connectivity index (χ0v) is 20.3. The number of nitrogens with one attached hydrogen (secondary N) is 1. The lowest BCUT2D eigenvalue weighted by Crippen LogP contribution is -2.22. The number of halogens is 1. The second kappa shape index (κ2) is 13.3. The molecule has 3 rings (SSSR count). The molecule has 0 radical (unpaired) electrons. The molecular weight excluding hydrogens is 403 g/mol. The molecule has 0 saturated heterocycles. The maximum atomic E-state index is 12.9. The van der Waals surface area contributed by atoms with Gasteiger partial charge in [-0.15, -0.1) is 0 Å². The molecule has 0 unspecified atom stereocenters. The van der Waals surface area contributed by atoms with Gasteiger partial charge in [0.05, 0.1) is 30.1 Å². The Balaban J connectivity index is 0.000000390. The number of unbranched alkanes of at least 4 members (excludes halogenated alkanes) is 1. The van der Waals surface area contributed by atoms with E-state index in [0.29, 0.717) is 12.1 Å². The van der Waals surface area contributed by atoms with Crippen LogP contribution in [0.25, 0.3) is 10.9 Å². The van der Waals surface area contributed by atoms with Gasteiger partial charge in [0.25, 0.3) is 0 Å². The Morgan fingerprint density at radius 3 is 2.28 bits per heavy atom. The Hall–Kier alpha value is -3.20. The van der Waals surface area contributed by atoms with E-state index in [1.165, 1.54) is 25.1 Å². The third-order valence-electron chi connectivity index (χ3n) is 5.15. The molecule has 2 heterocycles. The van der Waals surface area contributed by atoms with E-state index in [2.05, 4.69) is 34.8 Å². The highest BCUT2D eigenvalue weighted by Crippen LogP contribution is 2.26. The van der Waals surface area contributed by atoms with Crippen molar-refractivity contribution in [2.45, 2.75) is 60.9 Å². The van der Waals surface area contributed by atoms with Crippen molar-refractivity contribution in [2.24, 2.45) is 5.92 Å². The lowest BCUT2D eigenvalue weighted by molar-refractivity contribution is -0.123. The fourth-order valence-corrected chi connectivity index (χ4v) is 2.87. The highest BCUT2D eigenvalue weighted by molar-refractivity contribution is 5.86. The van der Waals surface area contributed by atoms with Crippen LogP contribution in [0.3, 0.4) is 0 Å². The molecule has 6 heteroatoms. The number of nitriles is 1. The summed E-state index contributed by atoms with van der Waals surface area (Å²) in [6, 6.07) is 11.0. The highest BCUT2D eigenvalue weighted by Gasteiger charge is 2.12. The van der Waals surface area contributed by atoms with Crippen LogP contribution >= 0.6 is 0 Å². The number of carbonyl (C=O) groups is 1. The van der Waals surface area contributed by atoms with Crippen molar-refractivity contribution in [2.75, 3.05) is 7.05 Å². The summed E-state index contributed by atoms with van der Waals surface area (Å²) in [5.74, 6) is -0.118. The van der Waals surface area contributed by atoms with Crippen LogP contribution in [-0.4, -0.2) is 22.5 Å². The molecule has 1 amide bonds. The standard InChI is InChI=1S/C17H14FN3.C5H11NO.C4H10/c1-11-12(2)21(10-15-5-4-14(18)9-20-15)17-6-3-13(8-19)7-16(11)17;1-4(2)5(7)6-3;1-3-4-2/h3-7,9H,10H2,1-2H3;4H,1-3H3,(H,6,7);3-4H2,1-2H3. The van der Waals surface area contributed by atoms with Crippen molar-refractivity contribution in [3.8, 4) is 6.07 Å². The number of aromatic nitrogens is 2. The van der Waals surface area contributed by atoms with Crippen LogP contribution in [0, 0.1) is 36.9 Å². The summed E-state index contributed by atoms with van der Waals surface area (Å²) in [6.07, 6.45) is 3.87. The zero-order chi connectivity index (χ0) is 24.3. The fraction of sp³-hybridized carbons (Fsp3) is 0.423. The van der Waals surface area contributed by atoms with Crippen LogP contribution in [0.2, 0.25) is 0 Å². The molecule has 0 saturated carbocycles. The van der Waals surface area contributed by atoms with Gasteiger partial charge < -0.3 is 9.88 Å². The lowest BCUT2D eigenvalue weighted by Gasteiger charge is -2.08. The summed E-state index contributed by atoms with van der Waals surface area (Å²) in [4.78, 5) is 14.5. The topological polar surface area (TPSA) is 70.7 Å². The van der Waals surface area contributed by atoms with Gasteiger partial charge in [0.15, 0.2) is 0 Å². The molecule has 0 atom stereocenters. The van der Waals surface area contributed by atoms with Crippen molar-refractivity contribution < 1.29 is 9.18 Å². The number of rotatable bonds is 4. The van der Waals surface area contributed by atoms with E-state index >= 15 is 0 Å². The Kier molecular flexibility index (Phi) is 11.1. The van der Waals surface area contributed by atoms with Gasteiger partial charge in [-0.3, -0.25) is 9.78 Å². The van der Waals surface area contributed by atoms with E-state index in [4.69, 9.17) is 5.26 Å². The maximum absolute atomic E-state index is 12.9. The molecular formula is C26H35FN4O. The van der Waals surface area contributed by atoms with E-state index in [-0.39, 0.29) is 17.6 Å². The fourth-order valence-electron chi connectivity index (χ4n) is 2.87. The normalized spacial score (nSPS) is 10.0. The quantitative estimate of drug-likeness (QED) is 0.551. The molecule has 172 valence electrons. The van der Waals surface area contributed by atoms with Crippen LogP contribution < -0.4 is 5.32 Å². The molecule has 1 aromatic carbocycles. The average molecular weight is 439 g/mol. The monoisotopic (exact) mass is 438 g/mol. The first-order chi connectivity index (χ1) is 15.2. The van der Waals surface area contributed by atoms with E-state index in [0.717, 1.165) is 27.9 Å². The number of pyridine rings is 1. The smallest absolute Gasteiger partial charge is 0.222 e. The Bertz CT molecular complexity index is 1040. The highest BCUT2D eigenvalue weighted by atomic mass is 19.1. The molecule has 1 N–H and O–H groups in total. The van der Waals surface area contributed by atoms with Crippen LogP contribution in [0.1, 0.15) is 63.1 Å². The first kappa shape index (κ1) is 26.8. The molecule has 32 heavy (non-hydrogen) atoms. The number of nitrogens with zero attached hydrogens (tertiary/aromatic N) is 3. The second-order valence-electron chi connectivity index (χ2n) is 7.88. The molecule has 0 aliphatic heterocycles. The van der Waals surface area contributed by atoms with Gasteiger partial charge in [-0.25, -0.2) is 4.39 Å². The first-order valence-electron chi connectivity index (χ1n) is 11.0. The van der Waals surface area contributed by atoms with Crippen molar-refractivity contribution in [3.05, 3.63) is 64.9 Å². The van der Waals surface area contributed by atoms with Crippen molar-refractivity contribution in [1.82, 2.24) is 14.9 Å². The minimum absolute atomic E-state index is 0.0972. The second-order valence-corrected chi connectivity index (χ2v) is 7.88. The van der Waals surface area contributed by atoms with Crippen LogP contribution in [0.4, 0.5) is 4.39 Å².